The number of rotatable bonds is 3. The van der Waals surface area contributed by atoms with Crippen molar-refractivity contribution >= 4 is 0 Å². The Labute approximate surface area is 70.8 Å². The highest BCUT2D eigenvalue weighted by molar-refractivity contribution is 4.87. The molecule has 0 unspecified atom stereocenters. The molecule has 0 amide bonds. The molecule has 0 N–H and O–H groups in total. The van der Waals surface area contributed by atoms with Crippen LogP contribution in [-0.2, 0) is 0 Å². The van der Waals surface area contributed by atoms with Gasteiger partial charge in [0, 0.05) is 5.54 Å². The van der Waals surface area contributed by atoms with Crippen LogP contribution in [0.5, 0.6) is 0 Å². The number of hydrogen-bond donors (Lipinski definition) is 0. The van der Waals surface area contributed by atoms with Crippen LogP contribution in [0.25, 0.3) is 0 Å². The molecule has 0 bridgehead atoms. The Bertz CT molecular complexity index is 118. The molecule has 0 aromatic carbocycles. The van der Waals surface area contributed by atoms with Crippen molar-refractivity contribution in [2.45, 2.75) is 52.0 Å². The van der Waals surface area contributed by atoms with Crippen LogP contribution in [0.4, 0.5) is 0 Å². The summed E-state index contributed by atoms with van der Waals surface area (Å²) in [6.07, 6.45) is 5.48. The summed E-state index contributed by atoms with van der Waals surface area (Å²) < 4.78 is 0. The van der Waals surface area contributed by atoms with E-state index in [0.717, 1.165) is 0 Å². The minimum atomic E-state index is 0.495. The molecule has 0 saturated carbocycles. The van der Waals surface area contributed by atoms with Gasteiger partial charge in [-0.2, -0.15) is 0 Å². The molecule has 1 heterocycles. The van der Waals surface area contributed by atoms with Crippen molar-refractivity contribution in [3.05, 3.63) is 0 Å². The van der Waals surface area contributed by atoms with Crippen LogP contribution in [0.2, 0.25) is 0 Å². The van der Waals surface area contributed by atoms with Crippen LogP contribution >= 0.6 is 0 Å². The zero-order valence-corrected chi connectivity index (χ0v) is 8.19. The lowest BCUT2D eigenvalue weighted by Gasteiger charge is -2.31. The molecule has 0 spiro atoms. The van der Waals surface area contributed by atoms with Crippen molar-refractivity contribution in [1.29, 1.82) is 0 Å². The molecular formula is C10H21N. The van der Waals surface area contributed by atoms with E-state index in [-0.39, 0.29) is 0 Å². The Balaban J connectivity index is 2.32. The first kappa shape index (κ1) is 9.05. The molecule has 1 saturated heterocycles. The second kappa shape index (κ2) is 3.57. The number of nitrogens with zero attached hydrogens (tertiary/aromatic N) is 1. The van der Waals surface area contributed by atoms with Crippen LogP contribution in [0.15, 0.2) is 0 Å². The molecular weight excluding hydrogens is 134 g/mol. The number of likely N-dealkylation sites (tertiary alicyclic amines) is 1. The number of unbranched alkanes of at least 4 members (excludes halogenated alkanes) is 1. The van der Waals surface area contributed by atoms with Crippen molar-refractivity contribution < 1.29 is 0 Å². The maximum absolute atomic E-state index is 2.64. The standard InChI is InChI=1S/C10H21N/c1-4-5-8-11-9-6-7-10(11,2)3/h4-9H2,1-3H3. The average molecular weight is 155 g/mol. The van der Waals surface area contributed by atoms with Crippen molar-refractivity contribution in [3.63, 3.8) is 0 Å². The lowest BCUT2D eigenvalue weighted by molar-refractivity contribution is 0.173. The van der Waals surface area contributed by atoms with E-state index in [4.69, 9.17) is 0 Å². The Hall–Kier alpha value is -0.0400. The SMILES string of the molecule is CCCCN1CCCC1(C)C. The van der Waals surface area contributed by atoms with Gasteiger partial charge >= 0.3 is 0 Å². The van der Waals surface area contributed by atoms with Gasteiger partial charge in [0.1, 0.15) is 0 Å². The summed E-state index contributed by atoms with van der Waals surface area (Å²) in [5, 5.41) is 0. The highest BCUT2D eigenvalue weighted by Gasteiger charge is 2.30. The summed E-state index contributed by atoms with van der Waals surface area (Å²) in [4.78, 5) is 2.64. The molecule has 0 aromatic rings. The van der Waals surface area contributed by atoms with Gasteiger partial charge in [0.25, 0.3) is 0 Å². The van der Waals surface area contributed by atoms with E-state index >= 15 is 0 Å². The highest BCUT2D eigenvalue weighted by Crippen LogP contribution is 2.27. The summed E-state index contributed by atoms with van der Waals surface area (Å²) in [7, 11) is 0. The first-order valence-corrected chi connectivity index (χ1v) is 4.92. The van der Waals surface area contributed by atoms with E-state index in [0.29, 0.717) is 5.54 Å². The molecule has 0 atom stereocenters. The summed E-state index contributed by atoms with van der Waals surface area (Å²) in [5.74, 6) is 0. The largest absolute Gasteiger partial charge is 0.298 e. The molecule has 1 aliphatic heterocycles. The maximum atomic E-state index is 2.64. The number of hydrogen-bond acceptors (Lipinski definition) is 1. The van der Waals surface area contributed by atoms with E-state index in [1.54, 1.807) is 0 Å². The fourth-order valence-corrected chi connectivity index (χ4v) is 1.93. The Morgan fingerprint density at radius 3 is 2.55 bits per heavy atom. The molecule has 1 nitrogen and oxygen atoms in total. The molecule has 1 aliphatic rings. The molecule has 1 heteroatoms. The first-order valence-electron chi connectivity index (χ1n) is 4.92. The van der Waals surface area contributed by atoms with E-state index in [2.05, 4.69) is 25.7 Å². The van der Waals surface area contributed by atoms with Gasteiger partial charge in [-0.05, 0) is 46.2 Å². The van der Waals surface area contributed by atoms with E-state index in [9.17, 15) is 0 Å². The summed E-state index contributed by atoms with van der Waals surface area (Å²) >= 11 is 0. The molecule has 66 valence electrons. The third-order valence-electron chi connectivity index (χ3n) is 2.85. The van der Waals surface area contributed by atoms with Gasteiger partial charge in [-0.25, -0.2) is 0 Å². The summed E-state index contributed by atoms with van der Waals surface area (Å²) in [5.41, 5.74) is 0.495. The predicted molar refractivity (Wildman–Crippen MR) is 49.8 cm³/mol. The Kier molecular flexibility index (Phi) is 2.94. The van der Waals surface area contributed by atoms with Crippen LogP contribution in [0, 0.1) is 0 Å². The van der Waals surface area contributed by atoms with Crippen LogP contribution in [-0.4, -0.2) is 23.5 Å². The van der Waals surface area contributed by atoms with Gasteiger partial charge < -0.3 is 0 Å². The lowest BCUT2D eigenvalue weighted by Crippen LogP contribution is -2.38. The molecule has 0 aliphatic carbocycles. The van der Waals surface area contributed by atoms with Gasteiger partial charge in [-0.3, -0.25) is 4.90 Å². The average Bonchev–Trinajstić information content (AvgIpc) is 2.25. The highest BCUT2D eigenvalue weighted by atomic mass is 15.2. The van der Waals surface area contributed by atoms with Gasteiger partial charge in [-0.15, -0.1) is 0 Å². The van der Waals surface area contributed by atoms with Crippen molar-refractivity contribution in [2.24, 2.45) is 0 Å². The van der Waals surface area contributed by atoms with Crippen LogP contribution in [0.3, 0.4) is 0 Å². The fraction of sp³-hybridized carbons (Fsp3) is 1.00. The topological polar surface area (TPSA) is 3.24 Å². The van der Waals surface area contributed by atoms with Gasteiger partial charge in [0.05, 0.1) is 0 Å². The molecule has 1 fully saturated rings. The quantitative estimate of drug-likeness (QED) is 0.605. The monoisotopic (exact) mass is 155 g/mol. The Morgan fingerprint density at radius 1 is 1.36 bits per heavy atom. The first-order chi connectivity index (χ1) is 5.17. The van der Waals surface area contributed by atoms with E-state index in [1.165, 1.54) is 38.8 Å². The second-order valence-corrected chi connectivity index (χ2v) is 4.26. The summed E-state index contributed by atoms with van der Waals surface area (Å²) in [6, 6.07) is 0. The minimum absolute atomic E-state index is 0.495. The molecule has 1 rings (SSSR count). The van der Waals surface area contributed by atoms with Crippen molar-refractivity contribution in [1.82, 2.24) is 4.90 Å². The molecule has 0 aromatic heterocycles. The third-order valence-corrected chi connectivity index (χ3v) is 2.85. The van der Waals surface area contributed by atoms with Crippen LogP contribution in [0.1, 0.15) is 46.5 Å². The minimum Gasteiger partial charge on any atom is -0.298 e. The summed E-state index contributed by atoms with van der Waals surface area (Å²) in [6.45, 7) is 9.64. The van der Waals surface area contributed by atoms with Crippen LogP contribution < -0.4 is 0 Å². The van der Waals surface area contributed by atoms with Gasteiger partial charge in [0.2, 0.25) is 0 Å². The van der Waals surface area contributed by atoms with E-state index < -0.39 is 0 Å². The molecule has 0 radical (unpaired) electrons. The Morgan fingerprint density at radius 2 is 2.09 bits per heavy atom. The zero-order valence-electron chi connectivity index (χ0n) is 8.19. The second-order valence-electron chi connectivity index (χ2n) is 4.26. The van der Waals surface area contributed by atoms with Crippen molar-refractivity contribution in [3.8, 4) is 0 Å². The third kappa shape index (κ3) is 2.19. The maximum Gasteiger partial charge on any atom is 0.0153 e. The fourth-order valence-electron chi connectivity index (χ4n) is 1.93. The van der Waals surface area contributed by atoms with Crippen molar-refractivity contribution in [2.75, 3.05) is 13.1 Å². The lowest BCUT2D eigenvalue weighted by atomic mass is 10.0. The predicted octanol–water partition coefficient (Wildman–Crippen LogP) is 2.66. The van der Waals surface area contributed by atoms with Gasteiger partial charge in [-0.1, -0.05) is 13.3 Å². The molecule has 11 heavy (non-hydrogen) atoms. The smallest absolute Gasteiger partial charge is 0.0153 e. The normalized spacial score (nSPS) is 24.3. The zero-order chi connectivity index (χ0) is 8.32. The van der Waals surface area contributed by atoms with Gasteiger partial charge in [0.15, 0.2) is 0 Å². The van der Waals surface area contributed by atoms with E-state index in [1.807, 2.05) is 0 Å².